The zero-order valence-corrected chi connectivity index (χ0v) is 6.47. The van der Waals surface area contributed by atoms with Gasteiger partial charge in [0.05, 0.1) is 0 Å². The Labute approximate surface area is 66.7 Å². The van der Waals surface area contributed by atoms with Gasteiger partial charge in [0.25, 0.3) is 0 Å². The van der Waals surface area contributed by atoms with E-state index >= 15 is 0 Å². The Kier molecular flexibility index (Phi) is 2.94. The van der Waals surface area contributed by atoms with E-state index in [-0.39, 0.29) is 5.91 Å². The highest BCUT2D eigenvalue weighted by molar-refractivity contribution is 5.76. The van der Waals surface area contributed by atoms with Crippen molar-refractivity contribution in [2.24, 2.45) is 0 Å². The molecule has 3 nitrogen and oxygen atoms in total. The van der Waals surface area contributed by atoms with Crippen LogP contribution >= 0.6 is 0 Å². The first-order valence-electron chi connectivity index (χ1n) is 3.82. The number of nitrogens with one attached hydrogen (secondary N) is 1. The van der Waals surface area contributed by atoms with Crippen molar-refractivity contribution >= 4 is 5.91 Å². The molecule has 0 aliphatic carbocycles. The zero-order valence-electron chi connectivity index (χ0n) is 6.47. The molecule has 11 heavy (non-hydrogen) atoms. The number of nitrogens with zero attached hydrogens (tertiary/aromatic N) is 1. The van der Waals surface area contributed by atoms with Gasteiger partial charge in [0.2, 0.25) is 5.91 Å². The SMILES string of the molecule is C#CCCC(=O)N1CCCN1. The molecule has 0 spiro atoms. The molecule has 0 aromatic heterocycles. The van der Waals surface area contributed by atoms with Gasteiger partial charge in [0.15, 0.2) is 0 Å². The highest BCUT2D eigenvalue weighted by atomic mass is 16.2. The van der Waals surface area contributed by atoms with E-state index in [4.69, 9.17) is 6.42 Å². The number of hydrazine groups is 1. The lowest BCUT2D eigenvalue weighted by atomic mass is 10.3. The fourth-order valence-electron chi connectivity index (χ4n) is 1.06. The number of terminal acetylenes is 1. The molecule has 1 heterocycles. The van der Waals surface area contributed by atoms with Crippen LogP contribution in [0.25, 0.3) is 0 Å². The van der Waals surface area contributed by atoms with E-state index in [2.05, 4.69) is 11.3 Å². The average Bonchev–Trinajstić information content (AvgIpc) is 2.52. The van der Waals surface area contributed by atoms with Crippen LogP contribution in [0.3, 0.4) is 0 Å². The van der Waals surface area contributed by atoms with Gasteiger partial charge in [0.1, 0.15) is 0 Å². The molecule has 0 bridgehead atoms. The normalized spacial score (nSPS) is 16.5. The van der Waals surface area contributed by atoms with Crippen LogP contribution in [-0.4, -0.2) is 24.0 Å². The lowest BCUT2D eigenvalue weighted by Gasteiger charge is -2.13. The first kappa shape index (κ1) is 8.09. The summed E-state index contributed by atoms with van der Waals surface area (Å²) in [6, 6.07) is 0. The Balaban J connectivity index is 2.24. The summed E-state index contributed by atoms with van der Waals surface area (Å²) in [7, 11) is 0. The molecule has 1 aliphatic rings. The number of hydrogen-bond donors (Lipinski definition) is 1. The van der Waals surface area contributed by atoms with Gasteiger partial charge in [-0.05, 0) is 6.42 Å². The van der Waals surface area contributed by atoms with Crippen LogP contribution in [0.5, 0.6) is 0 Å². The monoisotopic (exact) mass is 152 g/mol. The standard InChI is InChI=1S/C8H12N2O/c1-2-3-5-8(11)10-7-4-6-9-10/h1,9H,3-7H2. The molecule has 0 saturated carbocycles. The van der Waals surface area contributed by atoms with Crippen LogP contribution in [0.1, 0.15) is 19.3 Å². The van der Waals surface area contributed by atoms with Gasteiger partial charge in [-0.25, -0.2) is 5.43 Å². The quantitative estimate of drug-likeness (QED) is 0.571. The molecule has 3 heteroatoms. The first-order valence-corrected chi connectivity index (χ1v) is 3.82. The van der Waals surface area contributed by atoms with E-state index in [0.29, 0.717) is 12.8 Å². The van der Waals surface area contributed by atoms with Gasteiger partial charge in [-0.15, -0.1) is 12.3 Å². The highest BCUT2D eigenvalue weighted by Crippen LogP contribution is 2.00. The molecule has 1 amide bonds. The third-order valence-corrected chi connectivity index (χ3v) is 1.65. The molecular formula is C8H12N2O. The second-order valence-electron chi connectivity index (χ2n) is 2.51. The van der Waals surface area contributed by atoms with Crippen molar-refractivity contribution in [2.45, 2.75) is 19.3 Å². The minimum atomic E-state index is 0.112. The minimum Gasteiger partial charge on any atom is -0.278 e. The summed E-state index contributed by atoms with van der Waals surface area (Å²) in [6.45, 7) is 1.73. The summed E-state index contributed by atoms with van der Waals surface area (Å²) in [5, 5.41) is 1.65. The van der Waals surface area contributed by atoms with Gasteiger partial charge in [-0.3, -0.25) is 9.80 Å². The lowest BCUT2D eigenvalue weighted by Crippen LogP contribution is -2.36. The first-order chi connectivity index (χ1) is 5.34. The number of carbonyl (C=O) groups excluding carboxylic acids is 1. The molecular weight excluding hydrogens is 140 g/mol. The second-order valence-corrected chi connectivity index (χ2v) is 2.51. The third-order valence-electron chi connectivity index (χ3n) is 1.65. The van der Waals surface area contributed by atoms with Crippen LogP contribution in [-0.2, 0) is 4.79 Å². The van der Waals surface area contributed by atoms with E-state index in [1.807, 2.05) is 0 Å². The summed E-state index contributed by atoms with van der Waals surface area (Å²) in [5.74, 6) is 2.56. The Morgan fingerprint density at radius 1 is 1.73 bits per heavy atom. The van der Waals surface area contributed by atoms with Crippen molar-refractivity contribution in [3.05, 3.63) is 0 Å². The fourth-order valence-corrected chi connectivity index (χ4v) is 1.06. The average molecular weight is 152 g/mol. The van der Waals surface area contributed by atoms with Crippen molar-refractivity contribution in [3.8, 4) is 12.3 Å². The fraction of sp³-hybridized carbons (Fsp3) is 0.625. The summed E-state index contributed by atoms with van der Waals surface area (Å²) in [6.07, 6.45) is 7.08. The molecule has 1 aliphatic heterocycles. The van der Waals surface area contributed by atoms with E-state index in [0.717, 1.165) is 19.5 Å². The largest absolute Gasteiger partial charge is 0.278 e. The number of carbonyl (C=O) groups is 1. The van der Waals surface area contributed by atoms with E-state index in [1.165, 1.54) is 0 Å². The van der Waals surface area contributed by atoms with Gasteiger partial charge in [-0.1, -0.05) is 0 Å². The number of amides is 1. The van der Waals surface area contributed by atoms with Crippen molar-refractivity contribution in [2.75, 3.05) is 13.1 Å². The van der Waals surface area contributed by atoms with Gasteiger partial charge in [-0.2, -0.15) is 0 Å². The maximum Gasteiger partial charge on any atom is 0.237 e. The molecule has 1 N–H and O–H groups in total. The summed E-state index contributed by atoms with van der Waals surface area (Å²) >= 11 is 0. The Hall–Kier alpha value is -1.01. The Bertz CT molecular complexity index is 177. The highest BCUT2D eigenvalue weighted by Gasteiger charge is 2.15. The van der Waals surface area contributed by atoms with Gasteiger partial charge < -0.3 is 0 Å². The summed E-state index contributed by atoms with van der Waals surface area (Å²) in [5.41, 5.74) is 2.98. The maximum absolute atomic E-state index is 11.2. The van der Waals surface area contributed by atoms with Crippen molar-refractivity contribution < 1.29 is 4.79 Å². The molecule has 0 unspecified atom stereocenters. The predicted molar refractivity (Wildman–Crippen MR) is 42.4 cm³/mol. The van der Waals surface area contributed by atoms with Gasteiger partial charge in [0, 0.05) is 25.9 Å². The molecule has 1 fully saturated rings. The van der Waals surface area contributed by atoms with E-state index < -0.39 is 0 Å². The smallest absolute Gasteiger partial charge is 0.237 e. The van der Waals surface area contributed by atoms with Crippen LogP contribution in [0.2, 0.25) is 0 Å². The molecule has 0 radical (unpaired) electrons. The van der Waals surface area contributed by atoms with Crippen molar-refractivity contribution in [3.63, 3.8) is 0 Å². The number of hydrogen-bond acceptors (Lipinski definition) is 2. The second kappa shape index (κ2) is 3.99. The predicted octanol–water partition coefficient (Wildman–Crippen LogP) is 0.137. The zero-order chi connectivity index (χ0) is 8.10. The van der Waals surface area contributed by atoms with Crippen LogP contribution in [0.4, 0.5) is 0 Å². The number of rotatable bonds is 2. The van der Waals surface area contributed by atoms with E-state index in [9.17, 15) is 4.79 Å². The molecule has 0 atom stereocenters. The molecule has 60 valence electrons. The van der Waals surface area contributed by atoms with E-state index in [1.54, 1.807) is 5.01 Å². The van der Waals surface area contributed by atoms with Crippen molar-refractivity contribution in [1.82, 2.24) is 10.4 Å². The van der Waals surface area contributed by atoms with Crippen LogP contribution < -0.4 is 5.43 Å². The Morgan fingerprint density at radius 2 is 2.55 bits per heavy atom. The van der Waals surface area contributed by atoms with Gasteiger partial charge >= 0.3 is 0 Å². The molecule has 0 aromatic carbocycles. The minimum absolute atomic E-state index is 0.112. The topological polar surface area (TPSA) is 32.3 Å². The summed E-state index contributed by atoms with van der Waals surface area (Å²) < 4.78 is 0. The lowest BCUT2D eigenvalue weighted by molar-refractivity contribution is -0.132. The summed E-state index contributed by atoms with van der Waals surface area (Å²) in [4.78, 5) is 11.2. The molecule has 0 aromatic rings. The third kappa shape index (κ3) is 2.24. The Morgan fingerprint density at radius 3 is 3.09 bits per heavy atom. The van der Waals surface area contributed by atoms with Crippen LogP contribution in [0, 0.1) is 12.3 Å². The van der Waals surface area contributed by atoms with Crippen LogP contribution in [0.15, 0.2) is 0 Å². The molecule has 1 rings (SSSR count). The molecule has 1 saturated heterocycles. The van der Waals surface area contributed by atoms with Crippen molar-refractivity contribution in [1.29, 1.82) is 0 Å². The maximum atomic E-state index is 11.2.